The van der Waals surface area contributed by atoms with Crippen LogP contribution < -0.4 is 10.6 Å². The predicted octanol–water partition coefficient (Wildman–Crippen LogP) is 6.23. The van der Waals surface area contributed by atoms with Crippen molar-refractivity contribution in [3.05, 3.63) is 51.0 Å². The normalized spacial score (nSPS) is 16.4. The molecule has 0 bridgehead atoms. The molecule has 1 atom stereocenters. The topological polar surface area (TPSA) is 114 Å². The van der Waals surface area contributed by atoms with Gasteiger partial charge in [-0.1, -0.05) is 46.2 Å². The summed E-state index contributed by atoms with van der Waals surface area (Å²) >= 11 is 6.21. The van der Waals surface area contributed by atoms with Crippen LogP contribution in [0, 0.1) is 5.82 Å². The smallest absolute Gasteiger partial charge is 0.407 e. The molecule has 1 aliphatic heterocycles. The van der Waals surface area contributed by atoms with Gasteiger partial charge >= 0.3 is 11.8 Å². The lowest BCUT2D eigenvalue weighted by atomic mass is 10.0. The van der Waals surface area contributed by atoms with E-state index in [0.29, 0.717) is 29.8 Å². The number of pyridine rings is 2. The zero-order valence-corrected chi connectivity index (χ0v) is 28.0. The van der Waals surface area contributed by atoms with Gasteiger partial charge in [0.1, 0.15) is 5.82 Å². The summed E-state index contributed by atoms with van der Waals surface area (Å²) < 4.78 is 22.7. The van der Waals surface area contributed by atoms with Crippen LogP contribution in [-0.4, -0.2) is 76.2 Å². The molecule has 234 valence electrons. The third-order valence-corrected chi connectivity index (χ3v) is 13.4. The molecule has 1 fully saturated rings. The molecule has 1 aliphatic rings. The number of hydrogen-bond donors (Lipinski definition) is 1. The molecule has 0 aromatic carbocycles. The summed E-state index contributed by atoms with van der Waals surface area (Å²) in [7, 11) is -1.92. The molecule has 3 aromatic heterocycles. The van der Waals surface area contributed by atoms with Crippen molar-refractivity contribution in [2.24, 2.45) is 0 Å². The summed E-state index contributed by atoms with van der Waals surface area (Å²) in [5.41, 5.74) is 1.70. The number of rotatable bonds is 8. The first-order valence-corrected chi connectivity index (χ1v) is 18.0. The molecule has 1 N–H and O–H groups in total. The van der Waals surface area contributed by atoms with Gasteiger partial charge < -0.3 is 19.3 Å². The Hall–Kier alpha value is -3.09. The first-order chi connectivity index (χ1) is 20.0. The maximum absolute atomic E-state index is 14.9. The van der Waals surface area contributed by atoms with Gasteiger partial charge in [0.15, 0.2) is 24.9 Å². The van der Waals surface area contributed by atoms with Crippen LogP contribution in [0.3, 0.4) is 0 Å². The van der Waals surface area contributed by atoms with Crippen molar-refractivity contribution in [2.45, 2.75) is 84.5 Å². The monoisotopic (exact) mass is 632 g/mol. The summed E-state index contributed by atoms with van der Waals surface area (Å²) in [6.45, 7) is 18.2. The number of aromatic nitrogens is 4. The summed E-state index contributed by atoms with van der Waals surface area (Å²) in [5.74, 6) is -0.534. The third kappa shape index (κ3) is 6.70. The Kier molecular flexibility index (Phi) is 9.53. The molecule has 4 rings (SSSR count). The lowest BCUT2D eigenvalue weighted by Gasteiger charge is -2.39. The molecule has 0 radical (unpaired) electrons. The molecular formula is C30H42ClFN6O4Si. The predicted molar refractivity (Wildman–Crippen MR) is 170 cm³/mol. The van der Waals surface area contributed by atoms with Crippen molar-refractivity contribution >= 4 is 42.9 Å². The van der Waals surface area contributed by atoms with Gasteiger partial charge in [0, 0.05) is 38.5 Å². The Labute approximate surface area is 258 Å². The summed E-state index contributed by atoms with van der Waals surface area (Å²) in [6.07, 6.45) is 2.07. The minimum absolute atomic E-state index is 0.0416. The van der Waals surface area contributed by atoms with Crippen LogP contribution in [-0.2, 0) is 10.8 Å². The lowest BCUT2D eigenvalue weighted by Crippen LogP contribution is -2.54. The van der Waals surface area contributed by atoms with E-state index in [1.54, 1.807) is 6.20 Å². The van der Waals surface area contributed by atoms with Crippen LogP contribution in [0.25, 0.3) is 16.7 Å². The molecule has 3 aromatic rings. The lowest BCUT2D eigenvalue weighted by molar-refractivity contribution is 0.136. The number of nitrogens with zero attached hydrogens (tertiary/aromatic N) is 6. The molecule has 1 amide bonds. The molecule has 13 heteroatoms. The number of hydrogen-bond acceptors (Lipinski definition) is 7. The largest absolute Gasteiger partial charge is 0.465 e. The number of carbonyl (C=O) groups is 1. The minimum atomic E-state index is -1.92. The van der Waals surface area contributed by atoms with E-state index in [1.807, 2.05) is 31.7 Å². The molecule has 0 saturated carbocycles. The SMILES string of the molecule is CC(C)c1nccc(CCCO[Si](C)(C)C(C)(C)C)c1-n1c(=O)nc(N2CCN(C(=O)O)CC2C)c2cc(F)c(Cl)nc21. The van der Waals surface area contributed by atoms with Gasteiger partial charge in [-0.3, -0.25) is 4.98 Å². The van der Waals surface area contributed by atoms with Crippen molar-refractivity contribution in [3.8, 4) is 5.69 Å². The Morgan fingerprint density at radius 2 is 1.95 bits per heavy atom. The van der Waals surface area contributed by atoms with Crippen LogP contribution in [0.2, 0.25) is 23.3 Å². The van der Waals surface area contributed by atoms with Gasteiger partial charge in [0.25, 0.3) is 0 Å². The number of piperazine rings is 1. The Morgan fingerprint density at radius 3 is 2.56 bits per heavy atom. The van der Waals surface area contributed by atoms with E-state index in [2.05, 4.69) is 48.8 Å². The molecule has 1 saturated heterocycles. The average Bonchev–Trinajstić information content (AvgIpc) is 2.91. The van der Waals surface area contributed by atoms with Gasteiger partial charge in [-0.05, 0) is 61.5 Å². The van der Waals surface area contributed by atoms with Crippen molar-refractivity contribution in [1.29, 1.82) is 0 Å². The molecule has 0 aliphatic carbocycles. The van der Waals surface area contributed by atoms with Crippen LogP contribution in [0.1, 0.15) is 65.1 Å². The Balaban J connectivity index is 1.83. The van der Waals surface area contributed by atoms with E-state index in [1.165, 1.54) is 15.5 Å². The van der Waals surface area contributed by atoms with E-state index in [-0.39, 0.29) is 53.3 Å². The maximum Gasteiger partial charge on any atom is 0.407 e. The van der Waals surface area contributed by atoms with Crippen molar-refractivity contribution < 1.29 is 18.7 Å². The molecule has 43 heavy (non-hydrogen) atoms. The van der Waals surface area contributed by atoms with Gasteiger partial charge in [-0.2, -0.15) is 4.98 Å². The molecular weight excluding hydrogens is 591 g/mol. The molecule has 10 nitrogen and oxygen atoms in total. The number of amides is 1. The number of fused-ring (bicyclic) bond motifs is 1. The van der Waals surface area contributed by atoms with E-state index >= 15 is 0 Å². The summed E-state index contributed by atoms with van der Waals surface area (Å²) in [5, 5.41) is 9.50. The Morgan fingerprint density at radius 1 is 1.26 bits per heavy atom. The average molecular weight is 633 g/mol. The van der Waals surface area contributed by atoms with Crippen LogP contribution in [0.15, 0.2) is 23.1 Å². The fourth-order valence-electron chi connectivity index (χ4n) is 5.15. The highest BCUT2D eigenvalue weighted by molar-refractivity contribution is 6.74. The number of anilines is 1. The van der Waals surface area contributed by atoms with Crippen molar-refractivity contribution in [1.82, 2.24) is 24.4 Å². The van der Waals surface area contributed by atoms with E-state index < -0.39 is 25.9 Å². The highest BCUT2D eigenvalue weighted by atomic mass is 35.5. The van der Waals surface area contributed by atoms with E-state index in [9.17, 15) is 19.1 Å². The fraction of sp³-hybridized carbons (Fsp3) is 0.567. The quantitative estimate of drug-likeness (QED) is 0.177. The number of carboxylic acid groups (broad SMARTS) is 1. The highest BCUT2D eigenvalue weighted by Crippen LogP contribution is 2.37. The first kappa shape index (κ1) is 32.8. The van der Waals surface area contributed by atoms with Crippen LogP contribution in [0.5, 0.6) is 0 Å². The third-order valence-electron chi connectivity index (χ3n) is 8.59. The van der Waals surface area contributed by atoms with Gasteiger partial charge in [-0.25, -0.2) is 23.5 Å². The van der Waals surface area contributed by atoms with Crippen LogP contribution in [0.4, 0.5) is 15.0 Å². The van der Waals surface area contributed by atoms with E-state index in [4.69, 9.17) is 16.0 Å². The van der Waals surface area contributed by atoms with Gasteiger partial charge in [0.2, 0.25) is 0 Å². The summed E-state index contributed by atoms with van der Waals surface area (Å²) in [6, 6.07) is 2.82. The maximum atomic E-state index is 14.9. The van der Waals surface area contributed by atoms with Crippen molar-refractivity contribution in [3.63, 3.8) is 0 Å². The second-order valence-electron chi connectivity index (χ2n) is 13.0. The highest BCUT2D eigenvalue weighted by Gasteiger charge is 2.37. The summed E-state index contributed by atoms with van der Waals surface area (Å²) in [4.78, 5) is 42.1. The zero-order chi connectivity index (χ0) is 31.9. The fourth-order valence-corrected chi connectivity index (χ4v) is 6.37. The second kappa shape index (κ2) is 12.5. The van der Waals surface area contributed by atoms with Gasteiger partial charge in [0.05, 0.1) is 16.8 Å². The van der Waals surface area contributed by atoms with Crippen LogP contribution >= 0.6 is 11.6 Å². The van der Waals surface area contributed by atoms with Crippen molar-refractivity contribution in [2.75, 3.05) is 31.1 Å². The molecule has 0 spiro atoms. The number of aryl methyl sites for hydroxylation is 1. The standard InChI is InChI=1S/C30H42ClFN6O4Si/c1-18(2)23-24(20(11-12-33-23)10-9-15-42-43(7,8)30(4,5)6)38-27-21(16-22(32)25(31)34-27)26(35-28(38)39)37-14-13-36(29(40)41)17-19(37)3/h11-12,16,18-19H,9-10,13-15,17H2,1-8H3,(H,40,41). The zero-order valence-electron chi connectivity index (χ0n) is 26.2. The second-order valence-corrected chi connectivity index (χ2v) is 18.2. The first-order valence-electron chi connectivity index (χ1n) is 14.7. The molecule has 4 heterocycles. The van der Waals surface area contributed by atoms with Gasteiger partial charge in [-0.15, -0.1) is 0 Å². The Bertz CT molecular complexity index is 1570. The van der Waals surface area contributed by atoms with E-state index in [0.717, 1.165) is 12.0 Å². The number of halogens is 2. The molecule has 1 unspecified atom stereocenters. The minimum Gasteiger partial charge on any atom is -0.465 e.